The monoisotopic (exact) mass is 275 g/mol. The lowest BCUT2D eigenvalue weighted by molar-refractivity contribution is 0.286. The van der Waals surface area contributed by atoms with Gasteiger partial charge in [-0.25, -0.2) is 4.79 Å². The Morgan fingerprint density at radius 2 is 1.85 bits per heavy atom. The second-order valence-corrected chi connectivity index (χ2v) is 7.10. The summed E-state index contributed by atoms with van der Waals surface area (Å²) in [6, 6.07) is 5.90. The van der Waals surface area contributed by atoms with Crippen molar-refractivity contribution in [2.75, 3.05) is 0 Å². The van der Waals surface area contributed by atoms with E-state index in [2.05, 4.69) is 37.7 Å². The number of fused-ring (bicyclic) bond motifs is 1. The van der Waals surface area contributed by atoms with Crippen LogP contribution in [0.15, 0.2) is 23.0 Å². The molecule has 0 aliphatic carbocycles. The summed E-state index contributed by atoms with van der Waals surface area (Å²) >= 11 is 0. The average molecular weight is 275 g/mol. The third-order valence-electron chi connectivity index (χ3n) is 3.59. The highest BCUT2D eigenvalue weighted by Gasteiger charge is 2.18. The number of H-pyrrole nitrogens is 2. The van der Waals surface area contributed by atoms with Crippen LogP contribution in [-0.2, 0) is 0 Å². The van der Waals surface area contributed by atoms with Crippen LogP contribution >= 0.6 is 0 Å². The largest absolute Gasteiger partial charge is 0.324 e. The third-order valence-corrected chi connectivity index (χ3v) is 3.59. The van der Waals surface area contributed by atoms with E-state index in [4.69, 9.17) is 5.73 Å². The van der Waals surface area contributed by atoms with E-state index in [1.54, 1.807) is 0 Å². The van der Waals surface area contributed by atoms with Gasteiger partial charge in [0.2, 0.25) is 0 Å². The van der Waals surface area contributed by atoms with E-state index in [1.165, 1.54) is 0 Å². The van der Waals surface area contributed by atoms with Gasteiger partial charge < -0.3 is 15.7 Å². The molecule has 4 heteroatoms. The quantitative estimate of drug-likeness (QED) is 0.800. The van der Waals surface area contributed by atoms with Gasteiger partial charge in [0.15, 0.2) is 0 Å². The van der Waals surface area contributed by atoms with Gasteiger partial charge in [-0.15, -0.1) is 0 Å². The topological polar surface area (TPSA) is 74.7 Å². The van der Waals surface area contributed by atoms with Crippen molar-refractivity contribution in [3.05, 3.63) is 34.2 Å². The number of aromatic nitrogens is 2. The average Bonchev–Trinajstić information content (AvgIpc) is 2.64. The molecular formula is C16H25N3O. The van der Waals surface area contributed by atoms with Crippen molar-refractivity contribution in [2.24, 2.45) is 17.1 Å². The molecule has 20 heavy (non-hydrogen) atoms. The number of hydrogen-bond donors (Lipinski definition) is 3. The number of imidazole rings is 1. The number of rotatable bonds is 4. The molecule has 2 unspecified atom stereocenters. The fourth-order valence-electron chi connectivity index (χ4n) is 2.98. The van der Waals surface area contributed by atoms with E-state index in [-0.39, 0.29) is 11.7 Å². The van der Waals surface area contributed by atoms with Crippen LogP contribution in [0.1, 0.15) is 52.1 Å². The summed E-state index contributed by atoms with van der Waals surface area (Å²) in [5.74, 6) is 0.575. The number of nitrogens with one attached hydrogen (secondary N) is 2. The van der Waals surface area contributed by atoms with E-state index in [1.807, 2.05) is 18.2 Å². The predicted molar refractivity (Wildman–Crippen MR) is 83.7 cm³/mol. The van der Waals surface area contributed by atoms with Crippen molar-refractivity contribution in [3.8, 4) is 0 Å². The van der Waals surface area contributed by atoms with Crippen LogP contribution < -0.4 is 11.4 Å². The van der Waals surface area contributed by atoms with Gasteiger partial charge in [0, 0.05) is 6.04 Å². The molecule has 1 aromatic heterocycles. The Balaban J connectivity index is 2.10. The molecule has 0 saturated heterocycles. The summed E-state index contributed by atoms with van der Waals surface area (Å²) in [5, 5.41) is 0. The fourth-order valence-corrected chi connectivity index (χ4v) is 2.98. The Morgan fingerprint density at radius 3 is 2.50 bits per heavy atom. The number of hydrogen-bond acceptors (Lipinski definition) is 2. The van der Waals surface area contributed by atoms with E-state index >= 15 is 0 Å². The van der Waals surface area contributed by atoms with Gasteiger partial charge in [-0.2, -0.15) is 0 Å². The number of benzene rings is 1. The Hall–Kier alpha value is -1.55. The molecule has 0 radical (unpaired) electrons. The van der Waals surface area contributed by atoms with Crippen molar-refractivity contribution in [1.29, 1.82) is 0 Å². The van der Waals surface area contributed by atoms with Crippen LogP contribution in [0.5, 0.6) is 0 Å². The lowest BCUT2D eigenvalue weighted by atomic mass is 9.82. The molecule has 2 aromatic rings. The molecular weight excluding hydrogens is 250 g/mol. The van der Waals surface area contributed by atoms with Crippen LogP contribution in [0, 0.1) is 11.3 Å². The summed E-state index contributed by atoms with van der Waals surface area (Å²) in [6.45, 7) is 9.02. The summed E-state index contributed by atoms with van der Waals surface area (Å²) in [4.78, 5) is 16.8. The smallest absolute Gasteiger partial charge is 0.323 e. The maximum Gasteiger partial charge on any atom is 0.323 e. The molecule has 0 aliphatic rings. The second-order valence-electron chi connectivity index (χ2n) is 7.10. The molecule has 0 spiro atoms. The maximum absolute atomic E-state index is 11.3. The molecule has 4 N–H and O–H groups in total. The summed E-state index contributed by atoms with van der Waals surface area (Å²) in [7, 11) is 0. The van der Waals surface area contributed by atoms with Crippen LogP contribution in [-0.4, -0.2) is 9.97 Å². The van der Waals surface area contributed by atoms with E-state index in [0.29, 0.717) is 11.3 Å². The normalized spacial score (nSPS) is 15.4. The summed E-state index contributed by atoms with van der Waals surface area (Å²) in [5.41, 5.74) is 9.19. The predicted octanol–water partition coefficient (Wildman–Crippen LogP) is 3.32. The first-order valence-electron chi connectivity index (χ1n) is 7.22. The van der Waals surface area contributed by atoms with Crippen molar-refractivity contribution in [3.63, 3.8) is 0 Å². The maximum atomic E-state index is 11.3. The van der Waals surface area contributed by atoms with Crippen molar-refractivity contribution >= 4 is 11.0 Å². The van der Waals surface area contributed by atoms with Gasteiger partial charge in [-0.3, -0.25) is 0 Å². The Morgan fingerprint density at radius 1 is 1.20 bits per heavy atom. The molecule has 1 heterocycles. The molecule has 0 saturated carbocycles. The first-order valence-corrected chi connectivity index (χ1v) is 7.22. The molecule has 2 atom stereocenters. The Labute approximate surface area is 119 Å². The van der Waals surface area contributed by atoms with Crippen molar-refractivity contribution in [2.45, 2.75) is 46.6 Å². The molecule has 110 valence electrons. The first kappa shape index (κ1) is 14.9. The molecule has 0 bridgehead atoms. The van der Waals surface area contributed by atoms with Gasteiger partial charge >= 0.3 is 5.69 Å². The zero-order valence-corrected chi connectivity index (χ0v) is 12.8. The summed E-state index contributed by atoms with van der Waals surface area (Å²) < 4.78 is 0. The highest BCUT2D eigenvalue weighted by Crippen LogP contribution is 2.30. The van der Waals surface area contributed by atoms with Gasteiger partial charge in [0.1, 0.15) is 0 Å². The molecule has 4 nitrogen and oxygen atoms in total. The van der Waals surface area contributed by atoms with Crippen molar-refractivity contribution in [1.82, 2.24) is 9.97 Å². The lowest BCUT2D eigenvalue weighted by Gasteiger charge is -2.25. The number of aromatic amines is 2. The van der Waals surface area contributed by atoms with Gasteiger partial charge in [-0.05, 0) is 41.9 Å². The fraction of sp³-hybridized carbons (Fsp3) is 0.562. The second kappa shape index (κ2) is 5.44. The van der Waals surface area contributed by atoms with Gasteiger partial charge in [0.25, 0.3) is 0 Å². The number of nitrogens with two attached hydrogens (primary N) is 1. The van der Waals surface area contributed by atoms with Crippen LogP contribution in [0.2, 0.25) is 0 Å². The highest BCUT2D eigenvalue weighted by molar-refractivity contribution is 5.75. The summed E-state index contributed by atoms with van der Waals surface area (Å²) in [6.07, 6.45) is 2.11. The third kappa shape index (κ3) is 3.73. The zero-order chi connectivity index (χ0) is 14.9. The van der Waals surface area contributed by atoms with Gasteiger partial charge in [0.05, 0.1) is 11.0 Å². The van der Waals surface area contributed by atoms with Crippen LogP contribution in [0.3, 0.4) is 0 Å². The van der Waals surface area contributed by atoms with E-state index in [0.717, 1.165) is 29.4 Å². The Bertz CT molecular complexity index is 633. The Kier molecular flexibility index (Phi) is 4.04. The standard InChI is InChI=1S/C16H25N3O/c1-10(9-16(2,3)4)7-12(17)11-5-6-13-14(8-11)19-15(20)18-13/h5-6,8,10,12H,7,9,17H2,1-4H3,(H2,18,19,20). The van der Waals surface area contributed by atoms with Crippen LogP contribution in [0.25, 0.3) is 11.0 Å². The van der Waals surface area contributed by atoms with Crippen LogP contribution in [0.4, 0.5) is 0 Å². The van der Waals surface area contributed by atoms with E-state index < -0.39 is 0 Å². The lowest BCUT2D eigenvalue weighted by Crippen LogP contribution is -2.18. The van der Waals surface area contributed by atoms with Gasteiger partial charge in [-0.1, -0.05) is 33.8 Å². The molecule has 2 rings (SSSR count). The SMILES string of the molecule is CC(CC(N)c1ccc2[nH]c(=O)[nH]c2c1)CC(C)(C)C. The van der Waals surface area contributed by atoms with Crippen molar-refractivity contribution < 1.29 is 0 Å². The molecule has 0 aliphatic heterocycles. The first-order chi connectivity index (χ1) is 9.24. The molecule has 1 aromatic carbocycles. The van der Waals surface area contributed by atoms with E-state index in [9.17, 15) is 4.79 Å². The minimum absolute atomic E-state index is 0.00940. The highest BCUT2D eigenvalue weighted by atomic mass is 16.1. The molecule has 0 fully saturated rings. The molecule has 0 amide bonds. The minimum atomic E-state index is -0.174. The minimum Gasteiger partial charge on any atom is -0.324 e. The zero-order valence-electron chi connectivity index (χ0n) is 12.8.